The maximum Gasteiger partial charge on any atom is 0.120 e. The molecule has 0 saturated carbocycles. The van der Waals surface area contributed by atoms with Crippen molar-refractivity contribution in [1.29, 1.82) is 0 Å². The van der Waals surface area contributed by atoms with E-state index in [1.165, 1.54) is 5.39 Å². The molecule has 2 aromatic rings. The third-order valence-electron chi connectivity index (χ3n) is 2.12. The van der Waals surface area contributed by atoms with Gasteiger partial charge in [0, 0.05) is 17.6 Å². The van der Waals surface area contributed by atoms with Gasteiger partial charge in [0.25, 0.3) is 0 Å². The van der Waals surface area contributed by atoms with Crippen LogP contribution in [0.25, 0.3) is 10.9 Å². The Labute approximate surface area is 76.6 Å². The van der Waals surface area contributed by atoms with Crippen LogP contribution in [-0.4, -0.2) is 11.3 Å². The van der Waals surface area contributed by atoms with E-state index in [-0.39, 0.29) is 0 Å². The Hall–Kier alpha value is -1.57. The highest BCUT2D eigenvalue weighted by Crippen LogP contribution is 2.15. The Morgan fingerprint density at radius 1 is 1.31 bits per heavy atom. The van der Waals surface area contributed by atoms with Gasteiger partial charge in [-0.1, -0.05) is 18.2 Å². The zero-order valence-electron chi connectivity index (χ0n) is 7.29. The molecule has 0 saturated heterocycles. The van der Waals surface area contributed by atoms with Gasteiger partial charge in [-0.25, -0.2) is 0 Å². The van der Waals surface area contributed by atoms with Crippen molar-refractivity contribution in [3.8, 4) is 0 Å². The molecule has 0 spiro atoms. The lowest BCUT2D eigenvalue weighted by Crippen LogP contribution is -1.84. The first-order valence-corrected chi connectivity index (χ1v) is 4.40. The molecule has 0 bridgehead atoms. The zero-order chi connectivity index (χ0) is 9.10. The van der Waals surface area contributed by atoms with Crippen molar-refractivity contribution < 1.29 is 4.79 Å². The molecule has 1 N–H and O–H groups in total. The number of carbonyl (C=O) groups is 1. The number of H-pyrrole nitrogens is 1. The Morgan fingerprint density at radius 2 is 2.15 bits per heavy atom. The maximum absolute atomic E-state index is 10.2. The molecule has 66 valence electrons. The fourth-order valence-corrected chi connectivity index (χ4v) is 1.48. The van der Waals surface area contributed by atoms with Crippen molar-refractivity contribution in [3.63, 3.8) is 0 Å². The minimum absolute atomic E-state index is 0.590. The van der Waals surface area contributed by atoms with Crippen LogP contribution in [0.1, 0.15) is 12.1 Å². The lowest BCUT2D eigenvalue weighted by atomic mass is 10.2. The molecule has 0 amide bonds. The molecule has 0 fully saturated rings. The van der Waals surface area contributed by atoms with Gasteiger partial charge in [0.2, 0.25) is 0 Å². The van der Waals surface area contributed by atoms with E-state index in [0.29, 0.717) is 6.42 Å². The first kappa shape index (κ1) is 8.05. The summed E-state index contributed by atoms with van der Waals surface area (Å²) in [4.78, 5) is 13.5. The molecule has 0 atom stereocenters. The number of carbonyl (C=O) groups excluding carboxylic acids is 1. The number of rotatable bonds is 3. The van der Waals surface area contributed by atoms with Crippen molar-refractivity contribution in [2.24, 2.45) is 0 Å². The number of aryl methyl sites for hydroxylation is 1. The van der Waals surface area contributed by atoms with Crippen LogP contribution in [0.2, 0.25) is 0 Å². The summed E-state index contributed by atoms with van der Waals surface area (Å²) in [6.45, 7) is 0. The predicted molar refractivity (Wildman–Crippen MR) is 52.7 cm³/mol. The highest BCUT2D eigenvalue weighted by Gasteiger charge is 1.98. The SMILES string of the molecule is O=CCCc1cc2ccccc2[nH]1. The molecule has 1 aromatic carbocycles. The van der Waals surface area contributed by atoms with E-state index in [0.717, 1.165) is 23.9 Å². The second-order valence-electron chi connectivity index (χ2n) is 3.09. The van der Waals surface area contributed by atoms with Gasteiger partial charge in [0.05, 0.1) is 0 Å². The molecule has 0 aliphatic heterocycles. The molecule has 0 unspecified atom stereocenters. The molecule has 1 heterocycles. The number of aldehydes is 1. The molecule has 0 radical (unpaired) electrons. The fourth-order valence-electron chi connectivity index (χ4n) is 1.48. The second-order valence-corrected chi connectivity index (χ2v) is 3.09. The molecule has 0 aliphatic rings. The van der Waals surface area contributed by atoms with Gasteiger partial charge >= 0.3 is 0 Å². The Kier molecular flexibility index (Phi) is 2.13. The Balaban J connectivity index is 2.32. The average Bonchev–Trinajstić information content (AvgIpc) is 2.57. The summed E-state index contributed by atoms with van der Waals surface area (Å²) < 4.78 is 0. The Morgan fingerprint density at radius 3 is 2.92 bits per heavy atom. The second kappa shape index (κ2) is 3.44. The molecule has 2 nitrogen and oxygen atoms in total. The minimum Gasteiger partial charge on any atom is -0.358 e. The first-order valence-electron chi connectivity index (χ1n) is 4.40. The summed E-state index contributed by atoms with van der Waals surface area (Å²) in [5, 5.41) is 1.21. The van der Waals surface area contributed by atoms with E-state index in [4.69, 9.17) is 0 Å². The van der Waals surface area contributed by atoms with E-state index in [1.807, 2.05) is 18.2 Å². The van der Waals surface area contributed by atoms with Gasteiger partial charge in [-0.2, -0.15) is 0 Å². The van der Waals surface area contributed by atoms with Gasteiger partial charge < -0.3 is 9.78 Å². The van der Waals surface area contributed by atoms with Crippen LogP contribution < -0.4 is 0 Å². The molecular formula is C11H11NO. The van der Waals surface area contributed by atoms with Crippen molar-refractivity contribution in [2.75, 3.05) is 0 Å². The van der Waals surface area contributed by atoms with Crippen LogP contribution in [0.3, 0.4) is 0 Å². The fraction of sp³-hybridized carbons (Fsp3) is 0.182. The lowest BCUT2D eigenvalue weighted by Gasteiger charge is -1.88. The lowest BCUT2D eigenvalue weighted by molar-refractivity contribution is -0.107. The number of hydrogen-bond donors (Lipinski definition) is 1. The third kappa shape index (κ3) is 1.61. The summed E-state index contributed by atoms with van der Waals surface area (Å²) in [6, 6.07) is 10.2. The number of benzene rings is 1. The van der Waals surface area contributed by atoms with Crippen LogP contribution in [0.5, 0.6) is 0 Å². The van der Waals surface area contributed by atoms with Crippen LogP contribution in [-0.2, 0) is 11.2 Å². The quantitative estimate of drug-likeness (QED) is 0.710. The molecular weight excluding hydrogens is 162 g/mol. The molecule has 2 rings (SSSR count). The van der Waals surface area contributed by atoms with E-state index in [2.05, 4.69) is 17.1 Å². The van der Waals surface area contributed by atoms with E-state index in [9.17, 15) is 4.79 Å². The number of nitrogens with one attached hydrogen (secondary N) is 1. The molecule has 13 heavy (non-hydrogen) atoms. The number of fused-ring (bicyclic) bond motifs is 1. The van der Waals surface area contributed by atoms with Gasteiger partial charge in [0.1, 0.15) is 6.29 Å². The van der Waals surface area contributed by atoms with Crippen LogP contribution in [0, 0.1) is 0 Å². The van der Waals surface area contributed by atoms with Gasteiger partial charge in [0.15, 0.2) is 0 Å². The molecule has 0 aliphatic carbocycles. The Bertz CT molecular complexity index is 384. The summed E-state index contributed by atoms with van der Waals surface area (Å²) in [5.41, 5.74) is 2.27. The summed E-state index contributed by atoms with van der Waals surface area (Å²) in [6.07, 6.45) is 2.34. The molecule has 1 aromatic heterocycles. The van der Waals surface area contributed by atoms with E-state index >= 15 is 0 Å². The highest BCUT2D eigenvalue weighted by atomic mass is 16.1. The van der Waals surface area contributed by atoms with Crippen LogP contribution in [0.4, 0.5) is 0 Å². The van der Waals surface area contributed by atoms with E-state index in [1.54, 1.807) is 0 Å². The normalized spacial score (nSPS) is 10.5. The van der Waals surface area contributed by atoms with Crippen molar-refractivity contribution in [1.82, 2.24) is 4.98 Å². The third-order valence-corrected chi connectivity index (χ3v) is 2.12. The largest absolute Gasteiger partial charge is 0.358 e. The number of aromatic nitrogens is 1. The number of para-hydroxylation sites is 1. The highest BCUT2D eigenvalue weighted by molar-refractivity contribution is 5.80. The smallest absolute Gasteiger partial charge is 0.120 e. The van der Waals surface area contributed by atoms with Crippen molar-refractivity contribution in [3.05, 3.63) is 36.0 Å². The van der Waals surface area contributed by atoms with Gasteiger partial charge in [-0.3, -0.25) is 0 Å². The van der Waals surface area contributed by atoms with E-state index < -0.39 is 0 Å². The summed E-state index contributed by atoms with van der Waals surface area (Å²) in [7, 11) is 0. The average molecular weight is 173 g/mol. The van der Waals surface area contributed by atoms with Crippen molar-refractivity contribution >= 4 is 17.2 Å². The first-order chi connectivity index (χ1) is 6.40. The summed E-state index contributed by atoms with van der Waals surface area (Å²) in [5.74, 6) is 0. The monoisotopic (exact) mass is 173 g/mol. The van der Waals surface area contributed by atoms with Crippen molar-refractivity contribution in [2.45, 2.75) is 12.8 Å². The number of hydrogen-bond acceptors (Lipinski definition) is 1. The zero-order valence-corrected chi connectivity index (χ0v) is 7.29. The van der Waals surface area contributed by atoms with Gasteiger partial charge in [-0.05, 0) is 23.9 Å². The molecule has 2 heteroatoms. The van der Waals surface area contributed by atoms with Gasteiger partial charge in [-0.15, -0.1) is 0 Å². The maximum atomic E-state index is 10.2. The van der Waals surface area contributed by atoms with Crippen LogP contribution >= 0.6 is 0 Å². The number of aromatic amines is 1. The minimum atomic E-state index is 0.590. The van der Waals surface area contributed by atoms with Crippen LogP contribution in [0.15, 0.2) is 30.3 Å². The topological polar surface area (TPSA) is 32.9 Å². The summed E-state index contributed by atoms with van der Waals surface area (Å²) >= 11 is 0. The standard InChI is InChI=1S/C11H11NO/c13-7-3-5-10-8-9-4-1-2-6-11(9)12-10/h1-2,4,6-8,12H,3,5H2. The predicted octanol–water partition coefficient (Wildman–Crippen LogP) is 2.30.